The summed E-state index contributed by atoms with van der Waals surface area (Å²) in [5.74, 6) is -0.709. The van der Waals surface area contributed by atoms with Crippen molar-refractivity contribution in [2.75, 3.05) is 26.4 Å². The molecule has 0 bridgehead atoms. The van der Waals surface area contributed by atoms with E-state index >= 15 is 0 Å². The minimum atomic E-state index is -1.70. The van der Waals surface area contributed by atoms with Gasteiger partial charge in [0.25, 0.3) is 0 Å². The van der Waals surface area contributed by atoms with Crippen LogP contribution in [0.1, 0.15) is 85.0 Å². The van der Waals surface area contributed by atoms with E-state index in [1.807, 2.05) is 6.92 Å². The molecule has 8 rings (SSSR count). The standard InChI is InChI=1S/C42H66O18/c1-19-12-26(58-38-35(51)33(49)31(47)28(60-38)17-55-37-34(50)32(48)30(46)27(15-43)59-37)20(2)56-36(19)57-22-4-9-40(18-44)24-5-8-39(3)23(21-13-29(45)54-16-21)7-11-42(39,53)25(24)6-10-41(40,52)14-22/h13,19-20,22-28,30-38,43-44,46-53H,4-12,14-18H2,1-3H3/t19-,20-,22-,23+,24-,25+,26+,27-,28+,30-,31+,32+,33-,34-,35+,36+,37-,38+,39+,40-,41-,42-/m0/s1. The maximum absolute atomic E-state index is 12.6. The summed E-state index contributed by atoms with van der Waals surface area (Å²) < 4.78 is 41.1. The molecule has 4 saturated carbocycles. The third kappa shape index (κ3) is 7.31. The van der Waals surface area contributed by atoms with E-state index < -0.39 is 115 Å². The lowest BCUT2D eigenvalue weighted by molar-refractivity contribution is -0.350. The molecule has 18 heteroatoms. The summed E-state index contributed by atoms with van der Waals surface area (Å²) in [5, 5.41) is 109. The van der Waals surface area contributed by atoms with Gasteiger partial charge in [0.05, 0.1) is 49.3 Å². The number of aliphatic hydroxyl groups excluding tert-OH is 8. The zero-order valence-electron chi connectivity index (χ0n) is 34.6. The van der Waals surface area contributed by atoms with Crippen LogP contribution in [0.5, 0.6) is 0 Å². The SMILES string of the molecule is C[C@@H]1O[C@H](O[C@H]2CC[C@]3(CO)[C@H]4CC[C@]5(C)[C@@H](C6=CC(=O)OC6)CC[C@]5(O)[C@@H]4CC[C@]3(O)C2)[C@@H](C)C[C@H]1O[C@@H]1O[C@H](CO[C@H]2O[C@@H](CO)[C@H](O)[C@@H](O)[C@@H]2O)[C@@H](O)[C@H](O)[C@H]1O. The molecule has 0 spiro atoms. The fourth-order valence-corrected chi connectivity index (χ4v) is 13.0. The Bertz CT molecular complexity index is 1580. The fourth-order valence-electron chi connectivity index (χ4n) is 13.0. The van der Waals surface area contributed by atoms with Crippen molar-refractivity contribution in [2.45, 2.75) is 182 Å². The van der Waals surface area contributed by atoms with Crippen molar-refractivity contribution in [3.8, 4) is 0 Å². The Morgan fingerprint density at radius 1 is 0.750 bits per heavy atom. The summed E-state index contributed by atoms with van der Waals surface area (Å²) in [6.07, 6.45) is -10.4. The van der Waals surface area contributed by atoms with Crippen LogP contribution in [0.25, 0.3) is 0 Å². The first-order chi connectivity index (χ1) is 28.4. The molecule has 18 nitrogen and oxygen atoms in total. The second-order valence-corrected chi connectivity index (χ2v) is 19.5. The van der Waals surface area contributed by atoms with E-state index in [0.29, 0.717) is 51.4 Å². The smallest absolute Gasteiger partial charge is 0.331 e. The van der Waals surface area contributed by atoms with Crippen molar-refractivity contribution in [3.63, 3.8) is 0 Å². The first-order valence-corrected chi connectivity index (χ1v) is 21.9. The highest BCUT2D eigenvalue weighted by molar-refractivity contribution is 5.85. The predicted molar refractivity (Wildman–Crippen MR) is 203 cm³/mol. The number of rotatable bonds is 10. The lowest BCUT2D eigenvalue weighted by Gasteiger charge is -2.66. The molecule has 0 aromatic carbocycles. The average Bonchev–Trinajstić information content (AvgIpc) is 3.77. The Kier molecular flexibility index (Phi) is 12.7. The molecule has 0 aromatic heterocycles. The van der Waals surface area contributed by atoms with Gasteiger partial charge in [0.2, 0.25) is 0 Å². The van der Waals surface area contributed by atoms with Gasteiger partial charge in [-0.25, -0.2) is 4.79 Å². The molecule has 7 fully saturated rings. The Labute approximate surface area is 349 Å². The third-order valence-corrected chi connectivity index (χ3v) is 16.6. The summed E-state index contributed by atoms with van der Waals surface area (Å²) in [7, 11) is 0. The Morgan fingerprint density at radius 2 is 1.43 bits per heavy atom. The van der Waals surface area contributed by atoms with Gasteiger partial charge in [-0.1, -0.05) is 13.8 Å². The van der Waals surface area contributed by atoms with Gasteiger partial charge in [-0.15, -0.1) is 0 Å². The van der Waals surface area contributed by atoms with Gasteiger partial charge in [-0.2, -0.15) is 0 Å². The number of esters is 1. The number of carbonyl (C=O) groups excluding carboxylic acids is 1. The van der Waals surface area contributed by atoms with Gasteiger partial charge in [-0.3, -0.25) is 0 Å². The fraction of sp³-hybridized carbons (Fsp3) is 0.929. The second kappa shape index (κ2) is 16.8. The number of fused-ring (bicyclic) bond motifs is 5. The number of aliphatic hydroxyl groups is 10. The number of ether oxygens (including phenoxy) is 7. The molecule has 4 aliphatic carbocycles. The first kappa shape index (κ1) is 45.1. The zero-order chi connectivity index (χ0) is 43.1. The first-order valence-electron chi connectivity index (χ1n) is 21.9. The van der Waals surface area contributed by atoms with Crippen LogP contribution in [-0.2, 0) is 38.0 Å². The van der Waals surface area contributed by atoms with E-state index in [1.165, 1.54) is 0 Å². The van der Waals surface area contributed by atoms with Crippen molar-refractivity contribution in [3.05, 3.63) is 11.6 Å². The van der Waals surface area contributed by atoms with Crippen LogP contribution in [0.3, 0.4) is 0 Å². The molecular weight excluding hydrogens is 792 g/mol. The molecule has 0 aromatic rings. The molecule has 3 saturated heterocycles. The van der Waals surface area contributed by atoms with E-state index in [0.717, 1.165) is 18.4 Å². The van der Waals surface area contributed by atoms with Crippen molar-refractivity contribution in [1.82, 2.24) is 0 Å². The maximum atomic E-state index is 12.6. The maximum Gasteiger partial charge on any atom is 0.331 e. The van der Waals surface area contributed by atoms with Gasteiger partial charge in [0.1, 0.15) is 55.4 Å². The topological polar surface area (TPSA) is 284 Å². The van der Waals surface area contributed by atoms with Gasteiger partial charge in [0, 0.05) is 29.2 Å². The minimum Gasteiger partial charge on any atom is -0.458 e. The lowest BCUT2D eigenvalue weighted by atomic mass is 9.41. The quantitative estimate of drug-likeness (QED) is 0.0884. The molecule has 0 amide bonds. The lowest BCUT2D eigenvalue weighted by Crippen LogP contribution is -2.69. The summed E-state index contributed by atoms with van der Waals surface area (Å²) in [4.78, 5) is 12.0. The second-order valence-electron chi connectivity index (χ2n) is 19.5. The van der Waals surface area contributed by atoms with Crippen LogP contribution in [0.2, 0.25) is 0 Å². The van der Waals surface area contributed by atoms with E-state index in [1.54, 1.807) is 13.0 Å². The van der Waals surface area contributed by atoms with Crippen LogP contribution in [0.15, 0.2) is 11.6 Å². The molecule has 8 aliphatic rings. The largest absolute Gasteiger partial charge is 0.458 e. The molecular formula is C42H66O18. The Morgan fingerprint density at radius 3 is 2.12 bits per heavy atom. The van der Waals surface area contributed by atoms with Gasteiger partial charge < -0.3 is 84.2 Å². The normalized spacial score (nSPS) is 54.4. The minimum absolute atomic E-state index is 0.0409. The van der Waals surface area contributed by atoms with E-state index in [4.69, 9.17) is 33.2 Å². The molecule has 0 unspecified atom stereocenters. The summed E-state index contributed by atoms with van der Waals surface area (Å²) in [5.41, 5.74) is -2.51. The predicted octanol–water partition coefficient (Wildman–Crippen LogP) is -1.50. The van der Waals surface area contributed by atoms with Crippen LogP contribution in [-0.4, -0.2) is 181 Å². The van der Waals surface area contributed by atoms with Crippen LogP contribution >= 0.6 is 0 Å². The summed E-state index contributed by atoms with van der Waals surface area (Å²) in [6.45, 7) is 4.77. The van der Waals surface area contributed by atoms with Gasteiger partial charge in [-0.05, 0) is 88.0 Å². The number of hydrogen-bond acceptors (Lipinski definition) is 18. The molecule has 342 valence electrons. The zero-order valence-corrected chi connectivity index (χ0v) is 34.6. The van der Waals surface area contributed by atoms with E-state index in [9.17, 15) is 55.9 Å². The van der Waals surface area contributed by atoms with Crippen molar-refractivity contribution in [2.24, 2.45) is 34.5 Å². The molecule has 0 radical (unpaired) electrons. The van der Waals surface area contributed by atoms with Crippen LogP contribution in [0, 0.1) is 34.5 Å². The highest BCUT2D eigenvalue weighted by Crippen LogP contribution is 2.70. The summed E-state index contributed by atoms with van der Waals surface area (Å²) >= 11 is 0. The monoisotopic (exact) mass is 858 g/mol. The number of carbonyl (C=O) groups is 1. The molecule has 60 heavy (non-hydrogen) atoms. The van der Waals surface area contributed by atoms with Crippen molar-refractivity contribution < 1.29 is 89.0 Å². The van der Waals surface area contributed by atoms with Crippen molar-refractivity contribution >= 4 is 5.97 Å². The molecule has 22 atom stereocenters. The average molecular weight is 859 g/mol. The van der Waals surface area contributed by atoms with Gasteiger partial charge >= 0.3 is 5.97 Å². The van der Waals surface area contributed by atoms with Crippen molar-refractivity contribution in [1.29, 1.82) is 0 Å². The third-order valence-electron chi connectivity index (χ3n) is 16.6. The van der Waals surface area contributed by atoms with Crippen LogP contribution < -0.4 is 0 Å². The van der Waals surface area contributed by atoms with E-state index in [-0.39, 0.29) is 49.0 Å². The molecule has 4 aliphatic heterocycles. The molecule has 10 N–H and O–H groups in total. The van der Waals surface area contributed by atoms with E-state index in [2.05, 4.69) is 6.92 Å². The highest BCUT2D eigenvalue weighted by atomic mass is 16.7. The Hall–Kier alpha value is -1.43. The number of hydrogen-bond donors (Lipinski definition) is 10. The summed E-state index contributed by atoms with van der Waals surface area (Å²) in [6, 6.07) is 0. The van der Waals surface area contributed by atoms with Crippen LogP contribution in [0.4, 0.5) is 0 Å². The highest BCUT2D eigenvalue weighted by Gasteiger charge is 2.71. The van der Waals surface area contributed by atoms with Gasteiger partial charge in [0.15, 0.2) is 18.9 Å². The Balaban J connectivity index is 0.871. The molecule has 4 heterocycles. The number of cyclic esters (lactones) is 1.